The van der Waals surface area contributed by atoms with Gasteiger partial charge in [-0.3, -0.25) is 9.69 Å². The molecular weight excluding hydrogens is 200 g/mol. The Balaban J connectivity index is 2.19. The summed E-state index contributed by atoms with van der Waals surface area (Å²) in [5.41, 5.74) is -0.239. The van der Waals surface area contributed by atoms with Gasteiger partial charge >= 0.3 is 0 Å². The Morgan fingerprint density at radius 3 is 3.06 bits per heavy atom. The topological polar surface area (TPSA) is 32.3 Å². The maximum atomic E-state index is 12.2. The summed E-state index contributed by atoms with van der Waals surface area (Å²) < 4.78 is 0. The summed E-state index contributed by atoms with van der Waals surface area (Å²) in [7, 11) is 0. The van der Waals surface area contributed by atoms with Crippen molar-refractivity contribution in [3.05, 3.63) is 12.2 Å². The lowest BCUT2D eigenvalue weighted by atomic mass is 9.90. The van der Waals surface area contributed by atoms with E-state index in [0.717, 1.165) is 32.4 Å². The van der Waals surface area contributed by atoms with Crippen molar-refractivity contribution in [2.45, 2.75) is 38.6 Å². The van der Waals surface area contributed by atoms with Gasteiger partial charge in [0.1, 0.15) is 5.54 Å². The van der Waals surface area contributed by atoms with E-state index in [9.17, 15) is 4.79 Å². The van der Waals surface area contributed by atoms with Crippen LogP contribution in [0.25, 0.3) is 0 Å². The molecule has 0 bridgehead atoms. The van der Waals surface area contributed by atoms with Crippen molar-refractivity contribution in [3.8, 4) is 0 Å². The molecule has 2 aliphatic rings. The highest BCUT2D eigenvalue weighted by atomic mass is 16.2. The predicted octanol–water partition coefficient (Wildman–Crippen LogP) is 1.55. The van der Waals surface area contributed by atoms with Gasteiger partial charge in [-0.1, -0.05) is 26.0 Å². The lowest BCUT2D eigenvalue weighted by Crippen LogP contribution is -2.55. The van der Waals surface area contributed by atoms with E-state index in [-0.39, 0.29) is 11.4 Å². The standard InChI is InChI=1S/C13H22N2O/c1-11(2)10-15-9-5-7-13(15)6-3-4-8-14-12(13)16/h3-4,11H,5-10H2,1-2H3,(H,14,16). The first-order valence-corrected chi connectivity index (χ1v) is 6.33. The Kier molecular flexibility index (Phi) is 3.33. The van der Waals surface area contributed by atoms with Crippen LogP contribution in [0.1, 0.15) is 33.1 Å². The number of amides is 1. The molecule has 1 spiro atoms. The van der Waals surface area contributed by atoms with E-state index < -0.39 is 0 Å². The van der Waals surface area contributed by atoms with Crippen LogP contribution >= 0.6 is 0 Å². The fourth-order valence-corrected chi connectivity index (χ4v) is 2.90. The molecule has 3 heteroatoms. The summed E-state index contributed by atoms with van der Waals surface area (Å²) in [6, 6.07) is 0. The number of carbonyl (C=O) groups is 1. The molecule has 16 heavy (non-hydrogen) atoms. The molecule has 2 heterocycles. The van der Waals surface area contributed by atoms with Gasteiger partial charge in [-0.25, -0.2) is 0 Å². The Morgan fingerprint density at radius 2 is 2.31 bits per heavy atom. The molecule has 1 amide bonds. The van der Waals surface area contributed by atoms with E-state index in [2.05, 4.69) is 36.2 Å². The molecule has 0 radical (unpaired) electrons. The van der Waals surface area contributed by atoms with Gasteiger partial charge < -0.3 is 5.32 Å². The molecule has 3 nitrogen and oxygen atoms in total. The molecule has 0 aromatic heterocycles. The smallest absolute Gasteiger partial charge is 0.241 e. The quantitative estimate of drug-likeness (QED) is 0.719. The molecule has 2 aliphatic heterocycles. The first-order valence-electron chi connectivity index (χ1n) is 6.33. The number of nitrogens with zero attached hydrogens (tertiary/aromatic N) is 1. The number of nitrogens with one attached hydrogen (secondary N) is 1. The summed E-state index contributed by atoms with van der Waals surface area (Å²) in [6.07, 6.45) is 7.27. The zero-order valence-corrected chi connectivity index (χ0v) is 10.3. The molecule has 90 valence electrons. The minimum absolute atomic E-state index is 0.232. The minimum atomic E-state index is -0.239. The van der Waals surface area contributed by atoms with Gasteiger partial charge in [0.25, 0.3) is 0 Å². The summed E-state index contributed by atoms with van der Waals surface area (Å²) >= 11 is 0. The molecule has 0 saturated carbocycles. The van der Waals surface area contributed by atoms with Crippen molar-refractivity contribution in [2.24, 2.45) is 5.92 Å². The summed E-state index contributed by atoms with van der Waals surface area (Å²) in [4.78, 5) is 14.6. The maximum absolute atomic E-state index is 12.2. The van der Waals surface area contributed by atoms with Crippen LogP contribution in [0.5, 0.6) is 0 Å². The Morgan fingerprint density at radius 1 is 1.50 bits per heavy atom. The molecule has 0 aromatic rings. The van der Waals surface area contributed by atoms with E-state index >= 15 is 0 Å². The zero-order valence-electron chi connectivity index (χ0n) is 10.3. The number of hydrogen-bond acceptors (Lipinski definition) is 2. The van der Waals surface area contributed by atoms with Crippen LogP contribution in [0.2, 0.25) is 0 Å². The van der Waals surface area contributed by atoms with Gasteiger partial charge in [0.05, 0.1) is 0 Å². The molecule has 1 unspecified atom stereocenters. The van der Waals surface area contributed by atoms with Crippen LogP contribution in [0, 0.1) is 5.92 Å². The number of rotatable bonds is 2. The third-order valence-corrected chi connectivity index (χ3v) is 3.63. The fraction of sp³-hybridized carbons (Fsp3) is 0.769. The third-order valence-electron chi connectivity index (χ3n) is 3.63. The Bertz CT molecular complexity index is 298. The van der Waals surface area contributed by atoms with Crippen LogP contribution in [-0.2, 0) is 4.79 Å². The van der Waals surface area contributed by atoms with Crippen LogP contribution in [0.15, 0.2) is 12.2 Å². The first kappa shape index (κ1) is 11.6. The normalized spacial score (nSPS) is 31.1. The molecule has 0 aliphatic carbocycles. The zero-order chi connectivity index (χ0) is 11.6. The lowest BCUT2D eigenvalue weighted by Gasteiger charge is -2.36. The van der Waals surface area contributed by atoms with Crippen molar-refractivity contribution in [3.63, 3.8) is 0 Å². The first-order chi connectivity index (χ1) is 7.65. The number of carbonyl (C=O) groups excluding carboxylic acids is 1. The summed E-state index contributed by atoms with van der Waals surface area (Å²) in [5.74, 6) is 0.852. The monoisotopic (exact) mass is 222 g/mol. The third kappa shape index (κ3) is 2.01. The fourth-order valence-electron chi connectivity index (χ4n) is 2.90. The minimum Gasteiger partial charge on any atom is -0.351 e. The average Bonchev–Trinajstić information content (AvgIpc) is 2.50. The van der Waals surface area contributed by atoms with E-state index in [1.807, 2.05) is 0 Å². The second kappa shape index (κ2) is 4.58. The highest BCUT2D eigenvalue weighted by Gasteiger charge is 2.46. The van der Waals surface area contributed by atoms with E-state index in [0.29, 0.717) is 12.5 Å². The maximum Gasteiger partial charge on any atom is 0.241 e. The Labute approximate surface area is 97.9 Å². The van der Waals surface area contributed by atoms with E-state index in [4.69, 9.17) is 0 Å². The van der Waals surface area contributed by atoms with Gasteiger partial charge in [0.15, 0.2) is 0 Å². The van der Waals surface area contributed by atoms with Gasteiger partial charge in [0, 0.05) is 13.1 Å². The molecule has 1 fully saturated rings. The Hall–Kier alpha value is -0.830. The van der Waals surface area contributed by atoms with Crippen LogP contribution in [0.3, 0.4) is 0 Å². The van der Waals surface area contributed by atoms with Crippen LogP contribution in [0.4, 0.5) is 0 Å². The van der Waals surface area contributed by atoms with Crippen LogP contribution in [-0.4, -0.2) is 36.0 Å². The molecule has 1 atom stereocenters. The van der Waals surface area contributed by atoms with Crippen molar-refractivity contribution >= 4 is 5.91 Å². The second-order valence-electron chi connectivity index (χ2n) is 5.36. The van der Waals surface area contributed by atoms with Crippen LogP contribution < -0.4 is 5.32 Å². The predicted molar refractivity (Wildman–Crippen MR) is 65.1 cm³/mol. The highest BCUT2D eigenvalue weighted by Crippen LogP contribution is 2.34. The molecule has 1 N–H and O–H groups in total. The largest absolute Gasteiger partial charge is 0.351 e. The molecular formula is C13H22N2O. The van der Waals surface area contributed by atoms with Crippen molar-refractivity contribution in [1.82, 2.24) is 10.2 Å². The summed E-state index contributed by atoms with van der Waals surface area (Å²) in [6.45, 7) is 7.23. The average molecular weight is 222 g/mol. The van der Waals surface area contributed by atoms with Gasteiger partial charge in [0.2, 0.25) is 5.91 Å². The number of likely N-dealkylation sites (tertiary alicyclic amines) is 1. The van der Waals surface area contributed by atoms with Gasteiger partial charge in [-0.05, 0) is 31.7 Å². The lowest BCUT2D eigenvalue weighted by molar-refractivity contribution is -0.131. The second-order valence-corrected chi connectivity index (χ2v) is 5.36. The molecule has 1 saturated heterocycles. The molecule has 2 rings (SSSR count). The van der Waals surface area contributed by atoms with Crippen molar-refractivity contribution in [2.75, 3.05) is 19.6 Å². The highest BCUT2D eigenvalue weighted by molar-refractivity contribution is 5.87. The van der Waals surface area contributed by atoms with Crippen molar-refractivity contribution in [1.29, 1.82) is 0 Å². The van der Waals surface area contributed by atoms with E-state index in [1.54, 1.807) is 0 Å². The number of hydrogen-bond donors (Lipinski definition) is 1. The van der Waals surface area contributed by atoms with Gasteiger partial charge in [-0.2, -0.15) is 0 Å². The summed E-state index contributed by atoms with van der Waals surface area (Å²) in [5, 5.41) is 3.01. The van der Waals surface area contributed by atoms with Gasteiger partial charge in [-0.15, -0.1) is 0 Å². The van der Waals surface area contributed by atoms with E-state index in [1.165, 1.54) is 0 Å². The SMILES string of the molecule is CC(C)CN1CCCC12CC=CCNC2=O. The van der Waals surface area contributed by atoms with Crippen molar-refractivity contribution < 1.29 is 4.79 Å². The molecule has 0 aromatic carbocycles.